The molecule has 4 rings (SSSR count). The standard InChI is InChI=1S/C23H24Cl3N3O2/c24-16-4-1-14(2-5-16)13-29-18-6-7-19(29)11-17(10-18)28-22(30)12-27-23(31)15-3-8-20(25)21(26)9-15/h1-5,8-9,17-19H,6-7,10-13H2,(H,27,31)(H,28,30)/t17?,18-,19+. The van der Waals surface area contributed by atoms with Gasteiger partial charge in [0.15, 0.2) is 0 Å². The van der Waals surface area contributed by atoms with Crippen molar-refractivity contribution in [2.45, 2.75) is 50.4 Å². The molecule has 2 aliphatic heterocycles. The highest BCUT2D eigenvalue weighted by molar-refractivity contribution is 6.42. The molecule has 1 unspecified atom stereocenters. The normalized spacial score (nSPS) is 22.9. The molecule has 2 aromatic carbocycles. The van der Waals surface area contributed by atoms with Crippen LogP contribution in [0.4, 0.5) is 0 Å². The summed E-state index contributed by atoms with van der Waals surface area (Å²) in [5, 5.41) is 7.18. The average Bonchev–Trinajstić information content (AvgIpc) is 2.97. The largest absolute Gasteiger partial charge is 0.352 e. The fourth-order valence-corrected chi connectivity index (χ4v) is 5.05. The van der Waals surface area contributed by atoms with Crippen molar-refractivity contribution < 1.29 is 9.59 Å². The van der Waals surface area contributed by atoms with Crippen molar-refractivity contribution in [2.75, 3.05) is 6.54 Å². The summed E-state index contributed by atoms with van der Waals surface area (Å²) < 4.78 is 0. The number of hydrogen-bond acceptors (Lipinski definition) is 3. The van der Waals surface area contributed by atoms with Gasteiger partial charge in [-0.15, -0.1) is 0 Å². The van der Waals surface area contributed by atoms with Gasteiger partial charge < -0.3 is 10.6 Å². The Morgan fingerprint density at radius 1 is 0.935 bits per heavy atom. The summed E-state index contributed by atoms with van der Waals surface area (Å²) >= 11 is 17.8. The monoisotopic (exact) mass is 479 g/mol. The van der Waals surface area contributed by atoms with Crippen LogP contribution in [0.15, 0.2) is 42.5 Å². The number of piperidine rings is 1. The van der Waals surface area contributed by atoms with Crippen LogP contribution >= 0.6 is 34.8 Å². The molecule has 0 aromatic heterocycles. The zero-order chi connectivity index (χ0) is 22.0. The topological polar surface area (TPSA) is 61.4 Å². The minimum atomic E-state index is -0.355. The first-order chi connectivity index (χ1) is 14.9. The maximum Gasteiger partial charge on any atom is 0.251 e. The summed E-state index contributed by atoms with van der Waals surface area (Å²) in [4.78, 5) is 27.2. The molecule has 31 heavy (non-hydrogen) atoms. The highest BCUT2D eigenvalue weighted by Gasteiger charge is 2.40. The van der Waals surface area contributed by atoms with Crippen LogP contribution < -0.4 is 10.6 Å². The minimum Gasteiger partial charge on any atom is -0.352 e. The van der Waals surface area contributed by atoms with Crippen molar-refractivity contribution in [1.82, 2.24) is 15.5 Å². The summed E-state index contributed by atoms with van der Waals surface area (Å²) in [6.07, 6.45) is 4.16. The molecule has 2 fully saturated rings. The SMILES string of the molecule is O=C(CNC(=O)c1ccc(Cl)c(Cl)c1)NC1C[C@H]2CC[C@@H](C1)N2Cc1ccc(Cl)cc1. The summed E-state index contributed by atoms with van der Waals surface area (Å²) in [5.74, 6) is -0.532. The van der Waals surface area contributed by atoms with Gasteiger partial charge in [-0.3, -0.25) is 14.5 Å². The van der Waals surface area contributed by atoms with Crippen molar-refractivity contribution in [3.05, 3.63) is 68.7 Å². The summed E-state index contributed by atoms with van der Waals surface area (Å²) in [7, 11) is 0. The Balaban J connectivity index is 1.26. The quantitative estimate of drug-likeness (QED) is 0.631. The number of halogens is 3. The Morgan fingerprint density at radius 3 is 2.26 bits per heavy atom. The third-order valence-electron chi connectivity index (χ3n) is 6.12. The second kappa shape index (κ2) is 9.78. The van der Waals surface area contributed by atoms with E-state index in [9.17, 15) is 9.59 Å². The number of hydrogen-bond donors (Lipinski definition) is 2. The first-order valence-electron chi connectivity index (χ1n) is 10.4. The van der Waals surface area contributed by atoms with Gasteiger partial charge in [-0.1, -0.05) is 46.9 Å². The Kier molecular flexibility index (Phi) is 7.07. The van der Waals surface area contributed by atoms with Crippen molar-refractivity contribution in [1.29, 1.82) is 0 Å². The van der Waals surface area contributed by atoms with Crippen LogP contribution in [0.1, 0.15) is 41.6 Å². The molecule has 2 saturated heterocycles. The second-order valence-electron chi connectivity index (χ2n) is 8.23. The first-order valence-corrected chi connectivity index (χ1v) is 11.5. The average molecular weight is 481 g/mol. The van der Waals surface area contributed by atoms with E-state index >= 15 is 0 Å². The van der Waals surface area contributed by atoms with E-state index in [4.69, 9.17) is 34.8 Å². The van der Waals surface area contributed by atoms with Crippen LogP contribution in [0.25, 0.3) is 0 Å². The molecule has 0 aliphatic carbocycles. The smallest absolute Gasteiger partial charge is 0.251 e. The van der Waals surface area contributed by atoms with Crippen LogP contribution in [-0.4, -0.2) is 41.4 Å². The predicted molar refractivity (Wildman–Crippen MR) is 124 cm³/mol. The van der Waals surface area contributed by atoms with Crippen molar-refractivity contribution in [3.63, 3.8) is 0 Å². The fourth-order valence-electron chi connectivity index (χ4n) is 4.63. The molecular weight excluding hydrogens is 457 g/mol. The number of nitrogens with zero attached hydrogens (tertiary/aromatic N) is 1. The molecule has 5 nitrogen and oxygen atoms in total. The molecule has 164 valence electrons. The number of amides is 2. The highest BCUT2D eigenvalue weighted by atomic mass is 35.5. The van der Waals surface area contributed by atoms with E-state index in [0.717, 1.165) is 37.3 Å². The van der Waals surface area contributed by atoms with Crippen molar-refractivity contribution >= 4 is 46.6 Å². The highest BCUT2D eigenvalue weighted by Crippen LogP contribution is 2.37. The molecule has 2 heterocycles. The molecule has 3 atom stereocenters. The summed E-state index contributed by atoms with van der Waals surface area (Å²) in [5.41, 5.74) is 1.63. The number of carbonyl (C=O) groups excluding carboxylic acids is 2. The van der Waals surface area contributed by atoms with Gasteiger partial charge in [0, 0.05) is 35.3 Å². The lowest BCUT2D eigenvalue weighted by atomic mass is 9.96. The fraction of sp³-hybridized carbons (Fsp3) is 0.391. The molecule has 2 aliphatic rings. The molecule has 2 aromatic rings. The van der Waals surface area contributed by atoms with E-state index in [0.29, 0.717) is 27.7 Å². The number of rotatable bonds is 6. The van der Waals surface area contributed by atoms with Crippen molar-refractivity contribution in [3.8, 4) is 0 Å². The molecule has 8 heteroatoms. The third-order valence-corrected chi connectivity index (χ3v) is 7.11. The van der Waals surface area contributed by atoms with E-state index in [1.165, 1.54) is 11.6 Å². The van der Waals surface area contributed by atoms with E-state index in [1.807, 2.05) is 12.1 Å². The Hall–Kier alpha value is -1.79. The Morgan fingerprint density at radius 2 is 1.61 bits per heavy atom. The number of benzene rings is 2. The molecule has 2 N–H and O–H groups in total. The number of nitrogens with one attached hydrogen (secondary N) is 2. The van der Waals surface area contributed by atoms with Gasteiger partial charge in [0.05, 0.1) is 16.6 Å². The van der Waals surface area contributed by atoms with Crippen LogP contribution in [-0.2, 0) is 11.3 Å². The third kappa shape index (κ3) is 5.53. The lowest BCUT2D eigenvalue weighted by Crippen LogP contribution is -2.51. The number of carbonyl (C=O) groups is 2. The number of fused-ring (bicyclic) bond motifs is 2. The van der Waals surface area contributed by atoms with E-state index in [-0.39, 0.29) is 24.4 Å². The van der Waals surface area contributed by atoms with Crippen LogP contribution in [0, 0.1) is 0 Å². The van der Waals surface area contributed by atoms with E-state index in [2.05, 4.69) is 27.7 Å². The van der Waals surface area contributed by atoms with Gasteiger partial charge in [-0.05, 0) is 61.6 Å². The Labute approximate surface area is 197 Å². The molecule has 2 bridgehead atoms. The van der Waals surface area contributed by atoms with Gasteiger partial charge in [0.25, 0.3) is 5.91 Å². The first kappa shape index (κ1) is 22.4. The lowest BCUT2D eigenvalue weighted by Gasteiger charge is -2.39. The molecule has 0 spiro atoms. The van der Waals surface area contributed by atoms with Gasteiger partial charge in [-0.2, -0.15) is 0 Å². The van der Waals surface area contributed by atoms with Crippen LogP contribution in [0.3, 0.4) is 0 Å². The van der Waals surface area contributed by atoms with Gasteiger partial charge in [-0.25, -0.2) is 0 Å². The zero-order valence-electron chi connectivity index (χ0n) is 16.9. The zero-order valence-corrected chi connectivity index (χ0v) is 19.2. The van der Waals surface area contributed by atoms with Gasteiger partial charge in [0.2, 0.25) is 5.91 Å². The van der Waals surface area contributed by atoms with Crippen LogP contribution in [0.5, 0.6) is 0 Å². The minimum absolute atomic E-state index is 0.0700. The summed E-state index contributed by atoms with van der Waals surface area (Å²) in [6, 6.07) is 13.7. The predicted octanol–water partition coefficient (Wildman–Crippen LogP) is 4.69. The lowest BCUT2D eigenvalue weighted by molar-refractivity contribution is -0.121. The van der Waals surface area contributed by atoms with E-state index < -0.39 is 0 Å². The Bertz CT molecular complexity index is 953. The molecule has 0 radical (unpaired) electrons. The van der Waals surface area contributed by atoms with Gasteiger partial charge >= 0.3 is 0 Å². The molecule has 2 amide bonds. The van der Waals surface area contributed by atoms with Crippen LogP contribution in [0.2, 0.25) is 15.1 Å². The molecular formula is C23H24Cl3N3O2. The second-order valence-corrected chi connectivity index (χ2v) is 9.48. The maximum atomic E-state index is 12.4. The van der Waals surface area contributed by atoms with Gasteiger partial charge in [0.1, 0.15) is 0 Å². The molecule has 0 saturated carbocycles. The van der Waals surface area contributed by atoms with E-state index in [1.54, 1.807) is 12.1 Å². The maximum absolute atomic E-state index is 12.4. The van der Waals surface area contributed by atoms with Crippen molar-refractivity contribution in [2.24, 2.45) is 0 Å². The summed E-state index contributed by atoms with van der Waals surface area (Å²) in [6.45, 7) is 0.840.